The fraction of sp³-hybridized carbons (Fsp3) is 0.538. The second-order valence-corrected chi connectivity index (χ2v) is 4.56. The lowest BCUT2D eigenvalue weighted by Crippen LogP contribution is -2.42. The Bertz CT molecular complexity index is 418. The second-order valence-electron chi connectivity index (χ2n) is 4.56. The lowest BCUT2D eigenvalue weighted by Gasteiger charge is -2.13. The number of pyridine rings is 1. The first kappa shape index (κ1) is 12.8. The maximum Gasteiger partial charge on any atom is 0.237 e. The smallest absolute Gasteiger partial charge is 0.237 e. The van der Waals surface area contributed by atoms with E-state index in [-0.39, 0.29) is 11.9 Å². The van der Waals surface area contributed by atoms with Crippen LogP contribution in [0.2, 0.25) is 0 Å². The third-order valence-electron chi connectivity index (χ3n) is 2.90. The molecule has 0 aromatic carbocycles. The second kappa shape index (κ2) is 5.82. The predicted octanol–water partition coefficient (Wildman–Crippen LogP) is 0.847. The minimum Gasteiger partial charge on any atom is -0.481 e. The van der Waals surface area contributed by atoms with Gasteiger partial charge in [-0.05, 0) is 25.8 Å². The summed E-state index contributed by atoms with van der Waals surface area (Å²) in [4.78, 5) is 16.0. The van der Waals surface area contributed by atoms with E-state index in [1.54, 1.807) is 13.2 Å². The van der Waals surface area contributed by atoms with Crippen LogP contribution in [0.3, 0.4) is 0 Å². The topological polar surface area (TPSA) is 63.2 Å². The van der Waals surface area contributed by atoms with Gasteiger partial charge in [0.15, 0.2) is 0 Å². The molecule has 0 aliphatic heterocycles. The molecule has 1 fully saturated rings. The zero-order valence-electron chi connectivity index (χ0n) is 10.8. The number of carbonyl (C=O) groups excluding carboxylic acids is 1. The standard InChI is InChI=1S/C13H19N3O2/c1-9(13(17)16-10-6-7-10)14-8-11-4-3-5-12(15-11)18-2/h3-5,9-10,14H,6-8H2,1-2H3,(H,16,17). The van der Waals surface area contributed by atoms with Crippen molar-refractivity contribution in [2.24, 2.45) is 0 Å². The monoisotopic (exact) mass is 249 g/mol. The summed E-state index contributed by atoms with van der Waals surface area (Å²) in [5.41, 5.74) is 0.862. The van der Waals surface area contributed by atoms with Crippen molar-refractivity contribution in [2.45, 2.75) is 38.4 Å². The molecule has 0 radical (unpaired) electrons. The van der Waals surface area contributed by atoms with Gasteiger partial charge in [-0.25, -0.2) is 4.98 Å². The quantitative estimate of drug-likeness (QED) is 0.784. The van der Waals surface area contributed by atoms with E-state index in [1.807, 2.05) is 19.1 Å². The summed E-state index contributed by atoms with van der Waals surface area (Å²) in [5.74, 6) is 0.643. The maximum atomic E-state index is 11.7. The summed E-state index contributed by atoms with van der Waals surface area (Å²) in [6.45, 7) is 2.41. The first-order valence-electron chi connectivity index (χ1n) is 6.22. The third kappa shape index (κ3) is 3.70. The van der Waals surface area contributed by atoms with Crippen LogP contribution < -0.4 is 15.4 Å². The van der Waals surface area contributed by atoms with Crippen molar-refractivity contribution in [1.82, 2.24) is 15.6 Å². The molecule has 0 spiro atoms. The van der Waals surface area contributed by atoms with Crippen molar-refractivity contribution in [3.8, 4) is 5.88 Å². The molecule has 2 rings (SSSR count). The zero-order valence-corrected chi connectivity index (χ0v) is 10.8. The van der Waals surface area contributed by atoms with E-state index >= 15 is 0 Å². The number of hydrogen-bond donors (Lipinski definition) is 2. The Morgan fingerprint density at radius 3 is 3.00 bits per heavy atom. The Kier molecular flexibility index (Phi) is 4.15. The van der Waals surface area contributed by atoms with E-state index in [0.29, 0.717) is 18.5 Å². The van der Waals surface area contributed by atoms with Gasteiger partial charge in [-0.2, -0.15) is 0 Å². The van der Waals surface area contributed by atoms with E-state index in [1.165, 1.54) is 0 Å². The van der Waals surface area contributed by atoms with Crippen LogP contribution in [0, 0.1) is 0 Å². The summed E-state index contributed by atoms with van der Waals surface area (Å²) in [7, 11) is 1.59. The predicted molar refractivity (Wildman–Crippen MR) is 68.3 cm³/mol. The molecule has 5 heteroatoms. The highest BCUT2D eigenvalue weighted by molar-refractivity contribution is 5.81. The van der Waals surface area contributed by atoms with Gasteiger partial charge in [0.2, 0.25) is 11.8 Å². The van der Waals surface area contributed by atoms with Gasteiger partial charge in [-0.3, -0.25) is 4.79 Å². The van der Waals surface area contributed by atoms with Gasteiger partial charge >= 0.3 is 0 Å². The molecule has 1 unspecified atom stereocenters. The highest BCUT2D eigenvalue weighted by atomic mass is 16.5. The first-order chi connectivity index (χ1) is 8.69. The van der Waals surface area contributed by atoms with Gasteiger partial charge in [0.1, 0.15) is 0 Å². The largest absolute Gasteiger partial charge is 0.481 e. The van der Waals surface area contributed by atoms with Gasteiger partial charge in [0.25, 0.3) is 0 Å². The molecule has 1 aliphatic rings. The highest BCUT2D eigenvalue weighted by Gasteiger charge is 2.25. The van der Waals surface area contributed by atoms with Crippen molar-refractivity contribution >= 4 is 5.91 Å². The van der Waals surface area contributed by atoms with Gasteiger partial charge in [0, 0.05) is 18.7 Å². The van der Waals surface area contributed by atoms with E-state index in [4.69, 9.17) is 4.74 Å². The maximum absolute atomic E-state index is 11.7. The molecule has 2 N–H and O–H groups in total. The molecule has 5 nitrogen and oxygen atoms in total. The van der Waals surface area contributed by atoms with Crippen LogP contribution >= 0.6 is 0 Å². The molecular formula is C13H19N3O2. The molecular weight excluding hydrogens is 230 g/mol. The van der Waals surface area contributed by atoms with Crippen molar-refractivity contribution in [3.63, 3.8) is 0 Å². The number of rotatable bonds is 6. The van der Waals surface area contributed by atoms with Crippen LogP contribution in [-0.4, -0.2) is 30.1 Å². The fourth-order valence-corrected chi connectivity index (χ4v) is 1.57. The number of carbonyl (C=O) groups is 1. The number of nitrogens with one attached hydrogen (secondary N) is 2. The van der Waals surface area contributed by atoms with E-state index < -0.39 is 0 Å². The SMILES string of the molecule is COc1cccc(CNC(C)C(=O)NC2CC2)n1. The number of methoxy groups -OCH3 is 1. The Labute approximate surface area is 107 Å². The van der Waals surface area contributed by atoms with E-state index in [0.717, 1.165) is 18.5 Å². The average Bonchev–Trinajstić information content (AvgIpc) is 3.20. The molecule has 98 valence electrons. The summed E-state index contributed by atoms with van der Waals surface area (Å²) < 4.78 is 5.05. The van der Waals surface area contributed by atoms with Crippen molar-refractivity contribution in [2.75, 3.05) is 7.11 Å². The molecule has 1 aliphatic carbocycles. The van der Waals surface area contributed by atoms with Crippen LogP contribution in [0.25, 0.3) is 0 Å². The molecule has 1 saturated carbocycles. The Hall–Kier alpha value is -1.62. The number of amides is 1. The summed E-state index contributed by atoms with van der Waals surface area (Å²) in [6, 6.07) is 5.78. The summed E-state index contributed by atoms with van der Waals surface area (Å²) in [5, 5.41) is 6.12. The van der Waals surface area contributed by atoms with Crippen LogP contribution in [0.4, 0.5) is 0 Å². The van der Waals surface area contributed by atoms with Crippen LogP contribution in [0.15, 0.2) is 18.2 Å². The number of nitrogens with zero attached hydrogens (tertiary/aromatic N) is 1. The zero-order chi connectivity index (χ0) is 13.0. The molecule has 1 heterocycles. The average molecular weight is 249 g/mol. The van der Waals surface area contributed by atoms with Crippen LogP contribution in [0.1, 0.15) is 25.5 Å². The Morgan fingerprint density at radius 2 is 2.33 bits per heavy atom. The minimum atomic E-state index is -0.210. The molecule has 0 saturated heterocycles. The van der Waals surface area contributed by atoms with Crippen molar-refractivity contribution in [1.29, 1.82) is 0 Å². The number of ether oxygens (including phenoxy) is 1. The van der Waals surface area contributed by atoms with Crippen molar-refractivity contribution in [3.05, 3.63) is 23.9 Å². The molecule has 1 atom stereocenters. The summed E-state index contributed by atoms with van der Waals surface area (Å²) in [6.07, 6.45) is 2.21. The molecule has 1 aromatic rings. The third-order valence-corrected chi connectivity index (χ3v) is 2.90. The Balaban J connectivity index is 1.80. The minimum absolute atomic E-state index is 0.0559. The van der Waals surface area contributed by atoms with E-state index in [9.17, 15) is 4.79 Å². The lowest BCUT2D eigenvalue weighted by atomic mass is 10.3. The summed E-state index contributed by atoms with van der Waals surface area (Å²) >= 11 is 0. The van der Waals surface area contributed by atoms with Crippen LogP contribution in [-0.2, 0) is 11.3 Å². The molecule has 18 heavy (non-hydrogen) atoms. The van der Waals surface area contributed by atoms with Gasteiger partial charge < -0.3 is 15.4 Å². The normalized spacial score (nSPS) is 16.1. The fourth-order valence-electron chi connectivity index (χ4n) is 1.57. The first-order valence-corrected chi connectivity index (χ1v) is 6.22. The molecule has 0 bridgehead atoms. The lowest BCUT2D eigenvalue weighted by molar-refractivity contribution is -0.122. The number of aromatic nitrogens is 1. The molecule has 1 amide bonds. The van der Waals surface area contributed by atoms with E-state index in [2.05, 4.69) is 15.6 Å². The highest BCUT2D eigenvalue weighted by Crippen LogP contribution is 2.18. The number of hydrogen-bond acceptors (Lipinski definition) is 4. The van der Waals surface area contributed by atoms with Gasteiger partial charge in [-0.15, -0.1) is 0 Å². The van der Waals surface area contributed by atoms with Crippen LogP contribution in [0.5, 0.6) is 5.88 Å². The van der Waals surface area contributed by atoms with Crippen molar-refractivity contribution < 1.29 is 9.53 Å². The van der Waals surface area contributed by atoms with Gasteiger partial charge in [0.05, 0.1) is 18.8 Å². The molecule has 1 aromatic heterocycles. The van der Waals surface area contributed by atoms with Gasteiger partial charge in [-0.1, -0.05) is 6.07 Å². The Morgan fingerprint density at radius 1 is 1.56 bits per heavy atom.